The van der Waals surface area contributed by atoms with Crippen molar-refractivity contribution in [1.29, 1.82) is 0 Å². The number of benzene rings is 1. The fraction of sp³-hybridized carbons (Fsp3) is 0.700. The van der Waals surface area contributed by atoms with Crippen molar-refractivity contribution in [3.63, 3.8) is 0 Å². The highest BCUT2D eigenvalue weighted by atomic mass is 16.7. The van der Waals surface area contributed by atoms with E-state index in [1.54, 1.807) is 0 Å². The second kappa shape index (κ2) is 7.64. The predicted molar refractivity (Wildman–Crippen MR) is 93.9 cm³/mol. The maximum atomic E-state index is 5.92. The quantitative estimate of drug-likeness (QED) is 0.568. The van der Waals surface area contributed by atoms with Crippen LogP contribution in [0.15, 0.2) is 18.2 Å². The number of hydrogen-bond donors (Lipinski definition) is 0. The number of epoxide rings is 1. The van der Waals surface area contributed by atoms with Gasteiger partial charge in [0.05, 0.1) is 18.3 Å². The highest BCUT2D eigenvalue weighted by molar-refractivity contribution is 5.46. The molecule has 1 aromatic rings. The molecule has 0 aromatic heterocycles. The van der Waals surface area contributed by atoms with E-state index in [0.717, 1.165) is 30.3 Å². The van der Waals surface area contributed by atoms with Gasteiger partial charge in [0.1, 0.15) is 5.75 Å². The molecule has 4 heteroatoms. The van der Waals surface area contributed by atoms with Crippen LogP contribution >= 0.6 is 0 Å². The summed E-state index contributed by atoms with van der Waals surface area (Å²) in [6, 6.07) is 5.75. The minimum atomic E-state index is 0.165. The van der Waals surface area contributed by atoms with E-state index in [-0.39, 0.29) is 5.60 Å². The third-order valence-electron chi connectivity index (χ3n) is 5.21. The molecule has 1 fully saturated rings. The lowest BCUT2D eigenvalue weighted by Crippen LogP contribution is -2.11. The zero-order chi connectivity index (χ0) is 17.0. The van der Waals surface area contributed by atoms with Gasteiger partial charge in [-0.3, -0.25) is 0 Å². The van der Waals surface area contributed by atoms with Crippen LogP contribution < -0.4 is 14.2 Å². The fourth-order valence-electron chi connectivity index (χ4n) is 3.33. The average molecular weight is 334 g/mol. The van der Waals surface area contributed by atoms with Crippen molar-refractivity contribution in [2.45, 2.75) is 71.0 Å². The van der Waals surface area contributed by atoms with E-state index in [9.17, 15) is 0 Å². The molecule has 0 spiro atoms. The Hall–Kier alpha value is -1.42. The molecule has 0 amide bonds. The Kier molecular flexibility index (Phi) is 5.54. The Balaban J connectivity index is 1.31. The van der Waals surface area contributed by atoms with Crippen molar-refractivity contribution in [1.82, 2.24) is 0 Å². The molecule has 1 saturated heterocycles. The van der Waals surface area contributed by atoms with Crippen molar-refractivity contribution >= 4 is 0 Å². The molecule has 0 aliphatic carbocycles. The third kappa shape index (κ3) is 4.35. The van der Waals surface area contributed by atoms with Gasteiger partial charge in [-0.2, -0.15) is 0 Å². The molecule has 4 nitrogen and oxygen atoms in total. The summed E-state index contributed by atoms with van der Waals surface area (Å²) in [7, 11) is 0. The van der Waals surface area contributed by atoms with Gasteiger partial charge in [-0.25, -0.2) is 0 Å². The van der Waals surface area contributed by atoms with Crippen molar-refractivity contribution < 1.29 is 18.9 Å². The molecule has 0 radical (unpaired) electrons. The molecule has 2 aliphatic rings. The summed E-state index contributed by atoms with van der Waals surface area (Å²) in [6.07, 6.45) is 7.64. The van der Waals surface area contributed by atoms with Crippen LogP contribution in [-0.4, -0.2) is 25.1 Å². The molecule has 134 valence electrons. The minimum absolute atomic E-state index is 0.165. The largest absolute Gasteiger partial charge is 0.493 e. The molecule has 3 unspecified atom stereocenters. The molecule has 1 aromatic carbocycles. The lowest BCUT2D eigenvalue weighted by atomic mass is 9.94. The predicted octanol–water partition coefficient (Wildman–Crippen LogP) is 4.95. The van der Waals surface area contributed by atoms with E-state index in [0.29, 0.717) is 18.8 Å². The summed E-state index contributed by atoms with van der Waals surface area (Å²) >= 11 is 0. The zero-order valence-corrected chi connectivity index (χ0v) is 15.2. The van der Waals surface area contributed by atoms with Crippen molar-refractivity contribution in [3.05, 3.63) is 18.2 Å². The van der Waals surface area contributed by atoms with Gasteiger partial charge in [-0.15, -0.1) is 0 Å². The summed E-state index contributed by atoms with van der Waals surface area (Å²) in [4.78, 5) is 0. The van der Waals surface area contributed by atoms with Gasteiger partial charge in [-0.05, 0) is 50.7 Å². The van der Waals surface area contributed by atoms with Gasteiger partial charge in [0.25, 0.3) is 0 Å². The van der Waals surface area contributed by atoms with Crippen molar-refractivity contribution in [2.75, 3.05) is 13.4 Å². The van der Waals surface area contributed by atoms with Gasteiger partial charge < -0.3 is 18.9 Å². The van der Waals surface area contributed by atoms with E-state index < -0.39 is 0 Å². The summed E-state index contributed by atoms with van der Waals surface area (Å²) in [5.74, 6) is 3.08. The Morgan fingerprint density at radius 3 is 2.92 bits per heavy atom. The first-order valence-corrected chi connectivity index (χ1v) is 9.31. The standard InChI is InChI=1S/C20H30O4/c1-4-5-11-20(3)19(24-20)9-6-15(2)10-12-21-16-7-8-17-18(13-16)23-14-22-17/h7-8,13,15,19H,4-6,9-12,14H2,1-3H3. The zero-order valence-electron chi connectivity index (χ0n) is 15.2. The van der Waals surface area contributed by atoms with Crippen LogP contribution in [0.1, 0.15) is 59.3 Å². The molecule has 3 atom stereocenters. The van der Waals surface area contributed by atoms with Gasteiger partial charge in [0, 0.05) is 6.07 Å². The number of fused-ring (bicyclic) bond motifs is 1. The second-order valence-electron chi connectivity index (χ2n) is 7.36. The van der Waals surface area contributed by atoms with Gasteiger partial charge in [0.2, 0.25) is 6.79 Å². The SMILES string of the molecule is CCCCC1(C)OC1CCC(C)CCOc1ccc2c(c1)OCO2. The van der Waals surface area contributed by atoms with Crippen LogP contribution in [0.3, 0.4) is 0 Å². The Bertz CT molecular complexity index is 544. The maximum Gasteiger partial charge on any atom is 0.231 e. The van der Waals surface area contributed by atoms with Crippen LogP contribution in [0, 0.1) is 5.92 Å². The molecular weight excluding hydrogens is 304 g/mol. The molecule has 24 heavy (non-hydrogen) atoms. The first-order valence-electron chi connectivity index (χ1n) is 9.31. The molecule has 0 N–H and O–H groups in total. The second-order valence-corrected chi connectivity index (χ2v) is 7.36. The van der Waals surface area contributed by atoms with E-state index in [4.69, 9.17) is 18.9 Å². The van der Waals surface area contributed by atoms with Crippen LogP contribution in [0.2, 0.25) is 0 Å². The maximum absolute atomic E-state index is 5.92. The summed E-state index contributed by atoms with van der Waals surface area (Å²) in [5, 5.41) is 0. The van der Waals surface area contributed by atoms with E-state index in [1.807, 2.05) is 18.2 Å². The molecule has 3 rings (SSSR count). The topological polar surface area (TPSA) is 40.2 Å². The Morgan fingerprint density at radius 1 is 1.25 bits per heavy atom. The van der Waals surface area contributed by atoms with E-state index in [2.05, 4.69) is 20.8 Å². The minimum Gasteiger partial charge on any atom is -0.493 e. The van der Waals surface area contributed by atoms with Crippen LogP contribution in [0.5, 0.6) is 17.2 Å². The summed E-state index contributed by atoms with van der Waals surface area (Å²) < 4.78 is 22.4. The Morgan fingerprint density at radius 2 is 2.08 bits per heavy atom. The fourth-order valence-corrected chi connectivity index (χ4v) is 3.33. The lowest BCUT2D eigenvalue weighted by molar-refractivity contribution is 0.173. The highest BCUT2D eigenvalue weighted by Crippen LogP contribution is 2.43. The molecule has 0 bridgehead atoms. The lowest BCUT2D eigenvalue weighted by Gasteiger charge is -2.12. The van der Waals surface area contributed by atoms with Gasteiger partial charge >= 0.3 is 0 Å². The Labute approximate surface area is 145 Å². The van der Waals surface area contributed by atoms with E-state index >= 15 is 0 Å². The molecular formula is C20H30O4. The van der Waals surface area contributed by atoms with Crippen molar-refractivity contribution in [2.24, 2.45) is 5.92 Å². The summed E-state index contributed by atoms with van der Waals surface area (Å²) in [6.45, 7) is 7.84. The molecule has 2 aliphatic heterocycles. The first kappa shape index (κ1) is 17.4. The average Bonchev–Trinajstić information content (AvgIpc) is 3.00. The number of ether oxygens (including phenoxy) is 4. The smallest absolute Gasteiger partial charge is 0.231 e. The van der Waals surface area contributed by atoms with Crippen molar-refractivity contribution in [3.8, 4) is 17.2 Å². The number of rotatable bonds is 10. The normalized spacial score (nSPS) is 25.5. The number of hydrogen-bond acceptors (Lipinski definition) is 4. The monoisotopic (exact) mass is 334 g/mol. The van der Waals surface area contributed by atoms with Gasteiger partial charge in [0.15, 0.2) is 11.5 Å². The first-order chi connectivity index (χ1) is 11.6. The van der Waals surface area contributed by atoms with Crippen LogP contribution in [0.4, 0.5) is 0 Å². The van der Waals surface area contributed by atoms with Gasteiger partial charge in [-0.1, -0.05) is 26.7 Å². The van der Waals surface area contributed by atoms with E-state index in [1.165, 1.54) is 32.1 Å². The highest BCUT2D eigenvalue weighted by Gasteiger charge is 2.50. The number of unbranched alkanes of at least 4 members (excludes halogenated alkanes) is 1. The van der Waals surface area contributed by atoms with Crippen LogP contribution in [0.25, 0.3) is 0 Å². The molecule has 0 saturated carbocycles. The van der Waals surface area contributed by atoms with Crippen LogP contribution in [-0.2, 0) is 4.74 Å². The third-order valence-corrected chi connectivity index (χ3v) is 5.21. The molecule has 2 heterocycles. The summed E-state index contributed by atoms with van der Waals surface area (Å²) in [5.41, 5.74) is 0.165.